The zero-order valence-electron chi connectivity index (χ0n) is 12.8. The minimum absolute atomic E-state index is 0.962. The molecule has 1 aliphatic heterocycles. The van der Waals surface area contributed by atoms with Crippen molar-refractivity contribution in [3.05, 3.63) is 65.2 Å². The summed E-state index contributed by atoms with van der Waals surface area (Å²) >= 11 is 0. The Morgan fingerprint density at radius 3 is 2.57 bits per heavy atom. The fraction of sp³-hybridized carbons (Fsp3) is 0.368. The first-order chi connectivity index (χ1) is 10.4. The molecule has 0 atom stereocenters. The van der Waals surface area contributed by atoms with Gasteiger partial charge in [-0.1, -0.05) is 49.4 Å². The quantitative estimate of drug-likeness (QED) is 0.897. The fourth-order valence-corrected chi connectivity index (χ4v) is 3.03. The van der Waals surface area contributed by atoms with Gasteiger partial charge in [0.05, 0.1) is 0 Å². The summed E-state index contributed by atoms with van der Waals surface area (Å²) in [5.74, 6) is 0. The van der Waals surface area contributed by atoms with E-state index >= 15 is 0 Å². The van der Waals surface area contributed by atoms with Gasteiger partial charge in [0.25, 0.3) is 0 Å². The number of hydrogen-bond acceptors (Lipinski definition) is 2. The zero-order chi connectivity index (χ0) is 14.5. The van der Waals surface area contributed by atoms with Crippen molar-refractivity contribution < 1.29 is 0 Å². The first-order valence-electron chi connectivity index (χ1n) is 7.98. The molecule has 110 valence electrons. The van der Waals surface area contributed by atoms with Crippen LogP contribution < -0.4 is 10.2 Å². The molecular weight excluding hydrogens is 256 g/mol. The van der Waals surface area contributed by atoms with E-state index in [-0.39, 0.29) is 0 Å². The molecule has 21 heavy (non-hydrogen) atoms. The van der Waals surface area contributed by atoms with Gasteiger partial charge in [-0.05, 0) is 42.1 Å². The summed E-state index contributed by atoms with van der Waals surface area (Å²) in [5.41, 5.74) is 5.67. The van der Waals surface area contributed by atoms with Crippen LogP contribution in [0.1, 0.15) is 30.0 Å². The van der Waals surface area contributed by atoms with Crippen LogP contribution in [0.5, 0.6) is 0 Å². The van der Waals surface area contributed by atoms with Gasteiger partial charge in [0.1, 0.15) is 0 Å². The first kappa shape index (κ1) is 14.2. The van der Waals surface area contributed by atoms with Crippen LogP contribution >= 0.6 is 0 Å². The largest absolute Gasteiger partial charge is 0.367 e. The maximum absolute atomic E-state index is 3.37. The molecule has 2 aromatic rings. The fourth-order valence-electron chi connectivity index (χ4n) is 3.03. The lowest BCUT2D eigenvalue weighted by Crippen LogP contribution is -2.28. The Bertz CT molecular complexity index is 574. The second-order valence-corrected chi connectivity index (χ2v) is 5.75. The lowest BCUT2D eigenvalue weighted by atomic mass is 10.0. The van der Waals surface area contributed by atoms with Gasteiger partial charge < -0.3 is 10.2 Å². The van der Waals surface area contributed by atoms with E-state index in [9.17, 15) is 0 Å². The summed E-state index contributed by atoms with van der Waals surface area (Å²) in [7, 11) is 0. The molecule has 0 spiro atoms. The summed E-state index contributed by atoms with van der Waals surface area (Å²) in [6.07, 6.45) is 2.48. The molecule has 2 nitrogen and oxygen atoms in total. The highest BCUT2D eigenvalue weighted by Crippen LogP contribution is 2.28. The number of rotatable bonds is 5. The SMILES string of the molecule is CCNCc1ccc(CN2CCCc3ccccc32)cc1. The minimum atomic E-state index is 0.962. The Labute approximate surface area is 127 Å². The van der Waals surface area contributed by atoms with E-state index in [1.165, 1.54) is 35.2 Å². The molecule has 0 fully saturated rings. The van der Waals surface area contributed by atoms with E-state index < -0.39 is 0 Å². The highest BCUT2D eigenvalue weighted by atomic mass is 15.1. The van der Waals surface area contributed by atoms with E-state index in [1.54, 1.807) is 0 Å². The van der Waals surface area contributed by atoms with Crippen molar-refractivity contribution in [2.75, 3.05) is 18.0 Å². The van der Waals surface area contributed by atoms with Gasteiger partial charge in [-0.15, -0.1) is 0 Å². The van der Waals surface area contributed by atoms with Crippen LogP contribution in [0.25, 0.3) is 0 Å². The number of nitrogens with zero attached hydrogens (tertiary/aromatic N) is 1. The van der Waals surface area contributed by atoms with Crippen molar-refractivity contribution in [3.63, 3.8) is 0 Å². The van der Waals surface area contributed by atoms with Gasteiger partial charge >= 0.3 is 0 Å². The van der Waals surface area contributed by atoms with E-state index in [1.807, 2.05) is 0 Å². The van der Waals surface area contributed by atoms with Crippen LogP contribution in [0.3, 0.4) is 0 Å². The van der Waals surface area contributed by atoms with Crippen LogP contribution in [0.2, 0.25) is 0 Å². The number of benzene rings is 2. The number of anilines is 1. The predicted octanol–water partition coefficient (Wildman–Crippen LogP) is 3.75. The molecule has 3 rings (SSSR count). The molecule has 2 aromatic carbocycles. The maximum Gasteiger partial charge on any atom is 0.0429 e. The van der Waals surface area contributed by atoms with Gasteiger partial charge in [0, 0.05) is 25.3 Å². The molecule has 0 bridgehead atoms. The molecule has 0 saturated heterocycles. The number of fused-ring (bicyclic) bond motifs is 1. The Morgan fingerprint density at radius 1 is 1.00 bits per heavy atom. The highest BCUT2D eigenvalue weighted by molar-refractivity contribution is 5.55. The van der Waals surface area contributed by atoms with Crippen LogP contribution in [0.4, 0.5) is 5.69 Å². The molecule has 0 aliphatic carbocycles. The second-order valence-electron chi connectivity index (χ2n) is 5.75. The van der Waals surface area contributed by atoms with Crippen LogP contribution in [-0.2, 0) is 19.5 Å². The Kier molecular flexibility index (Phi) is 4.56. The smallest absolute Gasteiger partial charge is 0.0429 e. The van der Waals surface area contributed by atoms with Crippen molar-refractivity contribution >= 4 is 5.69 Å². The molecule has 0 aromatic heterocycles. The van der Waals surface area contributed by atoms with Crippen molar-refractivity contribution in [1.29, 1.82) is 0 Å². The van der Waals surface area contributed by atoms with Gasteiger partial charge in [0.15, 0.2) is 0 Å². The average molecular weight is 280 g/mol. The summed E-state index contributed by atoms with van der Waals surface area (Å²) in [4.78, 5) is 2.51. The van der Waals surface area contributed by atoms with E-state index in [0.717, 1.165) is 26.2 Å². The van der Waals surface area contributed by atoms with Gasteiger partial charge in [0.2, 0.25) is 0 Å². The molecule has 0 radical (unpaired) electrons. The minimum Gasteiger partial charge on any atom is -0.367 e. The molecule has 0 amide bonds. The molecule has 1 aliphatic rings. The lowest BCUT2D eigenvalue weighted by Gasteiger charge is -2.31. The van der Waals surface area contributed by atoms with Crippen molar-refractivity contribution in [1.82, 2.24) is 5.32 Å². The van der Waals surface area contributed by atoms with Crippen molar-refractivity contribution in [2.45, 2.75) is 32.9 Å². The third-order valence-corrected chi connectivity index (χ3v) is 4.18. The van der Waals surface area contributed by atoms with E-state index in [2.05, 4.69) is 65.7 Å². The van der Waals surface area contributed by atoms with Gasteiger partial charge in [-0.2, -0.15) is 0 Å². The zero-order valence-corrected chi connectivity index (χ0v) is 12.8. The topological polar surface area (TPSA) is 15.3 Å². The third-order valence-electron chi connectivity index (χ3n) is 4.18. The maximum atomic E-state index is 3.37. The van der Waals surface area contributed by atoms with Gasteiger partial charge in [-0.3, -0.25) is 0 Å². The highest BCUT2D eigenvalue weighted by Gasteiger charge is 2.15. The number of hydrogen-bond donors (Lipinski definition) is 1. The standard InChI is InChI=1S/C19H24N2/c1-2-20-14-16-9-11-17(12-10-16)15-21-13-5-7-18-6-3-4-8-19(18)21/h3-4,6,8-12,20H,2,5,7,13-15H2,1H3. The van der Waals surface area contributed by atoms with Gasteiger partial charge in [-0.25, -0.2) is 0 Å². The molecule has 2 heteroatoms. The molecule has 1 heterocycles. The lowest BCUT2D eigenvalue weighted by molar-refractivity contribution is 0.690. The van der Waals surface area contributed by atoms with Crippen LogP contribution in [0, 0.1) is 0 Å². The molecule has 1 N–H and O–H groups in total. The molecule has 0 saturated carbocycles. The monoisotopic (exact) mass is 280 g/mol. The number of para-hydroxylation sites is 1. The van der Waals surface area contributed by atoms with E-state index in [0.29, 0.717) is 0 Å². The Hall–Kier alpha value is -1.80. The Morgan fingerprint density at radius 2 is 1.76 bits per heavy atom. The summed E-state index contributed by atoms with van der Waals surface area (Å²) < 4.78 is 0. The number of nitrogens with one attached hydrogen (secondary N) is 1. The van der Waals surface area contributed by atoms with Crippen molar-refractivity contribution in [3.8, 4) is 0 Å². The van der Waals surface area contributed by atoms with E-state index in [4.69, 9.17) is 0 Å². The third kappa shape index (κ3) is 3.45. The van der Waals surface area contributed by atoms with Crippen LogP contribution in [-0.4, -0.2) is 13.1 Å². The summed E-state index contributed by atoms with van der Waals surface area (Å²) in [5, 5.41) is 3.37. The summed E-state index contributed by atoms with van der Waals surface area (Å²) in [6, 6.07) is 17.8. The normalized spacial score (nSPS) is 14.0. The van der Waals surface area contributed by atoms with Crippen LogP contribution in [0.15, 0.2) is 48.5 Å². The summed E-state index contributed by atoms with van der Waals surface area (Å²) in [6.45, 7) is 6.30. The predicted molar refractivity (Wildman–Crippen MR) is 89.6 cm³/mol. The molecular formula is C19H24N2. The van der Waals surface area contributed by atoms with Crippen molar-refractivity contribution in [2.24, 2.45) is 0 Å². The Balaban J connectivity index is 1.70. The average Bonchev–Trinajstić information content (AvgIpc) is 2.55. The number of aryl methyl sites for hydroxylation is 1. The second kappa shape index (κ2) is 6.77. The molecule has 0 unspecified atom stereocenters. The first-order valence-corrected chi connectivity index (χ1v) is 7.98.